The zero-order valence-corrected chi connectivity index (χ0v) is 16.2. The lowest BCUT2D eigenvalue weighted by Gasteiger charge is -2.27. The highest BCUT2D eigenvalue weighted by atomic mass is 31.2. The maximum absolute atomic E-state index is 11.7. The first-order valence-corrected chi connectivity index (χ1v) is 11.3. The van der Waals surface area contributed by atoms with E-state index >= 15 is 0 Å². The van der Waals surface area contributed by atoms with Crippen LogP contribution < -0.4 is 21.9 Å². The maximum Gasteiger partial charge on any atom is 0.326 e. The summed E-state index contributed by atoms with van der Waals surface area (Å²) < 4.78 is 22.2. The largest absolute Gasteiger partial charge is 0.391 e. The number of hydrogen-bond donors (Lipinski definition) is 7. The average Bonchev–Trinajstić information content (AvgIpc) is 2.52. The van der Waals surface area contributed by atoms with Gasteiger partial charge in [-0.2, -0.15) is 4.98 Å². The van der Waals surface area contributed by atoms with Gasteiger partial charge in [0.25, 0.3) is 5.56 Å². The van der Waals surface area contributed by atoms with Crippen LogP contribution in [0, 0.1) is 0 Å². The highest BCUT2D eigenvalue weighted by Gasteiger charge is 2.21. The summed E-state index contributed by atoms with van der Waals surface area (Å²) in [6, 6.07) is 0. The molecule has 15 heteroatoms. The summed E-state index contributed by atoms with van der Waals surface area (Å²) in [6.45, 7) is 3.69. The van der Waals surface area contributed by atoms with Gasteiger partial charge in [-0.05, 0) is 6.20 Å². The molecule has 0 bridgehead atoms. The molecule has 0 fully saturated rings. The van der Waals surface area contributed by atoms with Crippen LogP contribution in [0.25, 0.3) is 0 Å². The molecule has 0 radical (unpaired) electrons. The molecule has 154 valence electrons. The molecule has 0 aromatic carbocycles. The quantitative estimate of drug-likeness (QED) is 0.202. The van der Waals surface area contributed by atoms with Crippen molar-refractivity contribution in [2.75, 3.05) is 54.9 Å². The minimum atomic E-state index is -4.28. The Morgan fingerprint density at radius 2 is 1.56 bits per heavy atom. The van der Waals surface area contributed by atoms with E-state index in [-0.39, 0.29) is 43.6 Å². The van der Waals surface area contributed by atoms with Crippen LogP contribution in [-0.2, 0) is 9.13 Å². The predicted molar refractivity (Wildman–Crippen MR) is 101 cm³/mol. The number of aromatic nitrogens is 2. The SMILES string of the molecule is C=CN(CCN(CCP(=O)(O)O)CCP(=O)(O)O)c1nc(N)[nH]c(=O)c1N. The predicted octanol–water partition coefficient (Wildman–Crippen LogP) is -1.46. The standard InChI is InChI=1S/C12H24N6O7P2/c1-2-18(10-9(13)11(19)16-12(14)15-10)4-3-17(5-7-26(20,21)22)6-8-27(23,24)25/h2H,1,3-8,13H2,(H2,20,21,22)(H2,23,24,25)(H3,14,15,16,19). The first kappa shape index (κ1) is 23.3. The van der Waals surface area contributed by atoms with Gasteiger partial charge in [-0.1, -0.05) is 6.58 Å². The molecule has 27 heavy (non-hydrogen) atoms. The average molecular weight is 426 g/mol. The minimum Gasteiger partial charge on any atom is -0.391 e. The maximum atomic E-state index is 11.7. The summed E-state index contributed by atoms with van der Waals surface area (Å²) in [5, 5.41) is 0. The van der Waals surface area contributed by atoms with E-state index in [0.29, 0.717) is 0 Å². The fourth-order valence-corrected chi connectivity index (χ4v) is 3.20. The molecule has 0 saturated carbocycles. The van der Waals surface area contributed by atoms with Gasteiger partial charge in [-0.25, -0.2) is 0 Å². The highest BCUT2D eigenvalue weighted by Crippen LogP contribution is 2.35. The fourth-order valence-electron chi connectivity index (χ4n) is 2.12. The lowest BCUT2D eigenvalue weighted by molar-refractivity contribution is 0.290. The molecule has 0 spiro atoms. The van der Waals surface area contributed by atoms with Crippen LogP contribution in [0.3, 0.4) is 0 Å². The Morgan fingerprint density at radius 3 is 2.00 bits per heavy atom. The summed E-state index contributed by atoms with van der Waals surface area (Å²) in [6.07, 6.45) is 0.392. The molecule has 13 nitrogen and oxygen atoms in total. The molecule has 1 aromatic heterocycles. The molecule has 0 amide bonds. The summed E-state index contributed by atoms with van der Waals surface area (Å²) in [7, 11) is -8.56. The number of H-pyrrole nitrogens is 1. The Balaban J connectivity index is 2.89. The van der Waals surface area contributed by atoms with E-state index < -0.39 is 33.1 Å². The zero-order chi connectivity index (χ0) is 20.8. The van der Waals surface area contributed by atoms with E-state index in [4.69, 9.17) is 31.0 Å². The topological polar surface area (TPSA) is 219 Å². The van der Waals surface area contributed by atoms with Crippen molar-refractivity contribution in [1.82, 2.24) is 14.9 Å². The van der Waals surface area contributed by atoms with E-state index in [2.05, 4.69) is 16.5 Å². The number of nitrogen functional groups attached to an aromatic ring is 2. The third kappa shape index (κ3) is 8.67. The number of anilines is 3. The Morgan fingerprint density at radius 1 is 1.04 bits per heavy atom. The van der Waals surface area contributed by atoms with Crippen LogP contribution >= 0.6 is 15.2 Å². The molecule has 1 heterocycles. The number of hydrogen-bond acceptors (Lipinski definition) is 8. The van der Waals surface area contributed by atoms with Gasteiger partial charge >= 0.3 is 15.2 Å². The van der Waals surface area contributed by atoms with Gasteiger partial charge in [0, 0.05) is 26.2 Å². The normalized spacial score (nSPS) is 12.3. The van der Waals surface area contributed by atoms with Crippen LogP contribution in [0.5, 0.6) is 0 Å². The van der Waals surface area contributed by atoms with Crippen LogP contribution in [0.15, 0.2) is 17.6 Å². The molecule has 0 unspecified atom stereocenters. The number of aromatic amines is 1. The third-order valence-electron chi connectivity index (χ3n) is 3.52. The Hall–Kier alpha value is -1.72. The molecule has 0 saturated heterocycles. The molecule has 9 N–H and O–H groups in total. The highest BCUT2D eigenvalue weighted by molar-refractivity contribution is 7.52. The second-order valence-electron chi connectivity index (χ2n) is 5.68. The van der Waals surface area contributed by atoms with Crippen molar-refractivity contribution >= 4 is 32.6 Å². The summed E-state index contributed by atoms with van der Waals surface area (Å²) in [4.78, 5) is 56.8. The van der Waals surface area contributed by atoms with E-state index in [1.54, 1.807) is 0 Å². The second-order valence-corrected chi connectivity index (χ2v) is 9.24. The van der Waals surface area contributed by atoms with Crippen molar-refractivity contribution in [3.05, 3.63) is 23.1 Å². The van der Waals surface area contributed by atoms with E-state index in [1.165, 1.54) is 16.0 Å². The minimum absolute atomic E-state index is 0.0520. The molecule has 0 aliphatic carbocycles. The van der Waals surface area contributed by atoms with Crippen molar-refractivity contribution in [3.63, 3.8) is 0 Å². The third-order valence-corrected chi connectivity index (χ3v) is 5.08. The summed E-state index contributed by atoms with van der Waals surface area (Å²) in [5.41, 5.74) is 10.4. The monoisotopic (exact) mass is 426 g/mol. The van der Waals surface area contributed by atoms with E-state index in [1.807, 2.05) is 0 Å². The molecule has 1 rings (SSSR count). The Kier molecular flexibility index (Phi) is 8.18. The summed E-state index contributed by atoms with van der Waals surface area (Å²) in [5.74, 6) is -0.105. The summed E-state index contributed by atoms with van der Waals surface area (Å²) >= 11 is 0. The first-order chi connectivity index (χ1) is 12.3. The van der Waals surface area contributed by atoms with Crippen molar-refractivity contribution < 1.29 is 28.7 Å². The molecule has 0 aliphatic heterocycles. The Labute approximate surface area is 155 Å². The van der Waals surface area contributed by atoms with Crippen LogP contribution in [0.1, 0.15) is 0 Å². The molecular weight excluding hydrogens is 402 g/mol. The van der Waals surface area contributed by atoms with E-state index in [9.17, 15) is 13.9 Å². The van der Waals surface area contributed by atoms with Gasteiger partial charge in [-0.3, -0.25) is 18.9 Å². The van der Waals surface area contributed by atoms with Crippen molar-refractivity contribution in [1.29, 1.82) is 0 Å². The van der Waals surface area contributed by atoms with Crippen LogP contribution in [0.2, 0.25) is 0 Å². The lowest BCUT2D eigenvalue weighted by atomic mass is 10.4. The van der Waals surface area contributed by atoms with E-state index in [0.717, 1.165) is 0 Å². The fraction of sp³-hybridized carbons (Fsp3) is 0.500. The molecule has 0 atom stereocenters. The van der Waals surface area contributed by atoms with Crippen molar-refractivity contribution in [3.8, 4) is 0 Å². The van der Waals surface area contributed by atoms with Gasteiger partial charge in [-0.15, -0.1) is 0 Å². The van der Waals surface area contributed by atoms with Crippen LogP contribution in [-0.4, -0.2) is 72.9 Å². The van der Waals surface area contributed by atoms with Crippen LogP contribution in [0.4, 0.5) is 17.5 Å². The first-order valence-electron chi connectivity index (χ1n) is 7.68. The smallest absolute Gasteiger partial charge is 0.326 e. The molecule has 1 aromatic rings. The van der Waals surface area contributed by atoms with Gasteiger partial charge in [0.1, 0.15) is 5.69 Å². The number of rotatable bonds is 11. The Bertz CT molecular complexity index is 778. The molecular formula is C12H24N6O7P2. The number of nitrogens with zero attached hydrogens (tertiary/aromatic N) is 3. The van der Waals surface area contributed by atoms with Gasteiger partial charge in [0.2, 0.25) is 5.95 Å². The molecule has 0 aliphatic rings. The van der Waals surface area contributed by atoms with Gasteiger partial charge in [0.05, 0.1) is 12.3 Å². The van der Waals surface area contributed by atoms with Gasteiger partial charge < -0.3 is 40.8 Å². The number of nitrogens with two attached hydrogens (primary N) is 2. The zero-order valence-electron chi connectivity index (χ0n) is 14.4. The van der Waals surface area contributed by atoms with Crippen molar-refractivity contribution in [2.24, 2.45) is 0 Å². The van der Waals surface area contributed by atoms with Crippen molar-refractivity contribution in [2.45, 2.75) is 0 Å². The van der Waals surface area contributed by atoms with Gasteiger partial charge in [0.15, 0.2) is 5.82 Å². The second kappa shape index (κ2) is 9.47. The number of nitrogens with one attached hydrogen (secondary N) is 1. The lowest BCUT2D eigenvalue weighted by Crippen LogP contribution is -2.37.